The van der Waals surface area contributed by atoms with Crippen LogP contribution in [0.25, 0.3) is 0 Å². The zero-order chi connectivity index (χ0) is 10.0. The molecule has 0 aromatic heterocycles. The quantitative estimate of drug-likeness (QED) is 0.496. The molecular formula is C8H16O5. The molecule has 0 radical (unpaired) electrons. The molecule has 0 amide bonds. The minimum Gasteiger partial charge on any atom is -0.394 e. The maximum atomic E-state index is 9.54. The summed E-state index contributed by atoms with van der Waals surface area (Å²) >= 11 is 0. The summed E-state index contributed by atoms with van der Waals surface area (Å²) in [6, 6.07) is 0. The zero-order valence-electron chi connectivity index (χ0n) is 7.75. The third-order valence-electron chi connectivity index (χ3n) is 2.38. The first-order valence-electron chi connectivity index (χ1n) is 4.27. The van der Waals surface area contributed by atoms with E-state index in [0.29, 0.717) is 0 Å². The highest BCUT2D eigenvalue weighted by Gasteiger charge is 2.42. The van der Waals surface area contributed by atoms with Crippen LogP contribution in [-0.4, -0.2) is 59.6 Å². The van der Waals surface area contributed by atoms with E-state index in [1.54, 1.807) is 6.92 Å². The van der Waals surface area contributed by atoms with Crippen LogP contribution in [0.2, 0.25) is 0 Å². The molecule has 78 valence electrons. The van der Waals surface area contributed by atoms with Gasteiger partial charge in [0.05, 0.1) is 12.7 Å². The second kappa shape index (κ2) is 4.34. The molecule has 0 unspecified atom stereocenters. The molecule has 1 heterocycles. The molecule has 0 bridgehead atoms. The number of ether oxygens (including phenoxy) is 2. The van der Waals surface area contributed by atoms with Gasteiger partial charge >= 0.3 is 0 Å². The van der Waals surface area contributed by atoms with Gasteiger partial charge < -0.3 is 24.8 Å². The van der Waals surface area contributed by atoms with Gasteiger partial charge in [0.15, 0.2) is 0 Å². The molecule has 5 nitrogen and oxygen atoms in total. The maximum Gasteiger partial charge on any atom is 0.114 e. The average molecular weight is 192 g/mol. The molecule has 0 spiro atoms. The zero-order valence-corrected chi connectivity index (χ0v) is 7.75. The number of methoxy groups -OCH3 is 1. The van der Waals surface area contributed by atoms with Crippen molar-refractivity contribution in [2.75, 3.05) is 13.7 Å². The second-order valence-electron chi connectivity index (χ2n) is 3.24. The fourth-order valence-electron chi connectivity index (χ4n) is 1.56. The van der Waals surface area contributed by atoms with Crippen LogP contribution in [0.1, 0.15) is 6.92 Å². The molecule has 1 rings (SSSR count). The van der Waals surface area contributed by atoms with E-state index in [0.717, 1.165) is 0 Å². The minimum atomic E-state index is -1.01. The summed E-state index contributed by atoms with van der Waals surface area (Å²) < 4.78 is 10.2. The molecule has 3 N–H and O–H groups in total. The van der Waals surface area contributed by atoms with E-state index in [1.807, 2.05) is 0 Å². The van der Waals surface area contributed by atoms with Crippen molar-refractivity contribution in [2.24, 2.45) is 0 Å². The lowest BCUT2D eigenvalue weighted by Crippen LogP contribution is -2.58. The Balaban J connectivity index is 2.69. The fourth-order valence-corrected chi connectivity index (χ4v) is 1.56. The molecule has 5 atom stereocenters. The highest BCUT2D eigenvalue weighted by atomic mass is 16.6. The first kappa shape index (κ1) is 10.9. The predicted octanol–water partition coefficient (Wildman–Crippen LogP) is -1.50. The van der Waals surface area contributed by atoms with Crippen molar-refractivity contribution in [3.63, 3.8) is 0 Å². The van der Waals surface area contributed by atoms with E-state index in [2.05, 4.69) is 0 Å². The summed E-state index contributed by atoms with van der Waals surface area (Å²) in [4.78, 5) is 0. The third-order valence-corrected chi connectivity index (χ3v) is 2.38. The maximum absolute atomic E-state index is 9.54. The number of aliphatic hydroxyl groups excluding tert-OH is 3. The van der Waals surface area contributed by atoms with Crippen LogP contribution in [0.5, 0.6) is 0 Å². The van der Waals surface area contributed by atoms with Gasteiger partial charge in [0, 0.05) is 7.11 Å². The van der Waals surface area contributed by atoms with E-state index in [-0.39, 0.29) is 6.61 Å². The number of aliphatic hydroxyl groups is 3. The first-order valence-corrected chi connectivity index (χ1v) is 4.27. The van der Waals surface area contributed by atoms with Crippen LogP contribution in [0.4, 0.5) is 0 Å². The van der Waals surface area contributed by atoms with Gasteiger partial charge in [0.1, 0.15) is 24.4 Å². The summed E-state index contributed by atoms with van der Waals surface area (Å²) in [5.74, 6) is 0. The van der Waals surface area contributed by atoms with E-state index in [9.17, 15) is 10.2 Å². The van der Waals surface area contributed by atoms with Gasteiger partial charge in [-0.3, -0.25) is 0 Å². The highest BCUT2D eigenvalue weighted by molar-refractivity contribution is 4.91. The molecular weight excluding hydrogens is 176 g/mol. The monoisotopic (exact) mass is 192 g/mol. The smallest absolute Gasteiger partial charge is 0.114 e. The molecule has 13 heavy (non-hydrogen) atoms. The van der Waals surface area contributed by atoms with Crippen LogP contribution >= 0.6 is 0 Å². The van der Waals surface area contributed by atoms with Crippen molar-refractivity contribution < 1.29 is 24.8 Å². The third kappa shape index (κ3) is 2.00. The summed E-state index contributed by atoms with van der Waals surface area (Å²) in [5.41, 5.74) is 0. The SMILES string of the molecule is CO[C@H]1[C@H](O)[C@@H](O)[C@H](C)O[C@@H]1CO. The van der Waals surface area contributed by atoms with Crippen molar-refractivity contribution >= 4 is 0 Å². The Morgan fingerprint density at radius 2 is 1.92 bits per heavy atom. The molecule has 1 fully saturated rings. The van der Waals surface area contributed by atoms with Gasteiger partial charge in [0.25, 0.3) is 0 Å². The van der Waals surface area contributed by atoms with E-state index < -0.39 is 30.5 Å². The van der Waals surface area contributed by atoms with Crippen LogP contribution in [0.15, 0.2) is 0 Å². The summed E-state index contributed by atoms with van der Waals surface area (Å²) in [6.45, 7) is 1.41. The second-order valence-corrected chi connectivity index (χ2v) is 3.24. The van der Waals surface area contributed by atoms with Gasteiger partial charge in [-0.15, -0.1) is 0 Å². The van der Waals surface area contributed by atoms with Gasteiger partial charge in [-0.2, -0.15) is 0 Å². The lowest BCUT2D eigenvalue weighted by Gasteiger charge is -2.40. The molecule has 1 aliphatic rings. The van der Waals surface area contributed by atoms with Crippen LogP contribution in [-0.2, 0) is 9.47 Å². The Bertz CT molecular complexity index is 161. The molecule has 0 saturated carbocycles. The van der Waals surface area contributed by atoms with Crippen LogP contribution in [0.3, 0.4) is 0 Å². The van der Waals surface area contributed by atoms with E-state index >= 15 is 0 Å². The molecule has 5 heteroatoms. The minimum absolute atomic E-state index is 0.230. The van der Waals surface area contributed by atoms with E-state index in [1.165, 1.54) is 7.11 Å². The van der Waals surface area contributed by atoms with Crippen molar-refractivity contribution in [1.82, 2.24) is 0 Å². The largest absolute Gasteiger partial charge is 0.394 e. The highest BCUT2D eigenvalue weighted by Crippen LogP contribution is 2.22. The molecule has 0 aliphatic carbocycles. The first-order chi connectivity index (χ1) is 6.11. The lowest BCUT2D eigenvalue weighted by molar-refractivity contribution is -0.231. The average Bonchev–Trinajstić information content (AvgIpc) is 2.13. The number of hydrogen-bond acceptors (Lipinski definition) is 5. The van der Waals surface area contributed by atoms with Gasteiger partial charge in [-0.05, 0) is 6.92 Å². The van der Waals surface area contributed by atoms with Crippen molar-refractivity contribution in [1.29, 1.82) is 0 Å². The Morgan fingerprint density at radius 1 is 1.31 bits per heavy atom. The van der Waals surface area contributed by atoms with Crippen LogP contribution in [0, 0.1) is 0 Å². The Labute approximate surface area is 76.9 Å². The van der Waals surface area contributed by atoms with Crippen molar-refractivity contribution in [3.05, 3.63) is 0 Å². The molecule has 1 saturated heterocycles. The normalized spacial score (nSPS) is 46.4. The molecule has 0 aromatic rings. The van der Waals surface area contributed by atoms with E-state index in [4.69, 9.17) is 14.6 Å². The Morgan fingerprint density at radius 3 is 2.38 bits per heavy atom. The lowest BCUT2D eigenvalue weighted by atomic mass is 9.96. The van der Waals surface area contributed by atoms with Gasteiger partial charge in [-0.1, -0.05) is 0 Å². The number of rotatable bonds is 2. The standard InChI is InChI=1S/C8H16O5/c1-4-6(10)7(11)8(12-2)5(3-9)13-4/h4-11H,3H2,1-2H3/t4-,5+,6-,7+,8+/m0/s1. The predicted molar refractivity (Wildman–Crippen MR) is 44.2 cm³/mol. The molecule has 1 aliphatic heterocycles. The molecule has 0 aromatic carbocycles. The van der Waals surface area contributed by atoms with Crippen molar-refractivity contribution in [3.8, 4) is 0 Å². The van der Waals surface area contributed by atoms with Gasteiger partial charge in [-0.25, -0.2) is 0 Å². The fraction of sp³-hybridized carbons (Fsp3) is 1.00. The topological polar surface area (TPSA) is 79.2 Å². The van der Waals surface area contributed by atoms with Crippen LogP contribution < -0.4 is 0 Å². The summed E-state index contributed by atoms with van der Waals surface area (Å²) in [7, 11) is 1.41. The summed E-state index contributed by atoms with van der Waals surface area (Å²) in [5, 5.41) is 27.9. The Kier molecular flexibility index (Phi) is 3.63. The summed E-state index contributed by atoms with van der Waals surface area (Å²) in [6.07, 6.45) is -3.70. The van der Waals surface area contributed by atoms with Gasteiger partial charge in [0.2, 0.25) is 0 Å². The number of hydrogen-bond donors (Lipinski definition) is 3. The van der Waals surface area contributed by atoms with Crippen molar-refractivity contribution in [2.45, 2.75) is 37.4 Å². The Hall–Kier alpha value is -0.200.